The van der Waals surface area contributed by atoms with E-state index in [1.54, 1.807) is 25.6 Å². The SMILES string of the molecule is COCCCn1cnnc1S[C@H](C)C(=O)Nc1ccc(Cl)cn1. The normalized spacial score (nSPS) is 12.1. The van der Waals surface area contributed by atoms with Crippen molar-refractivity contribution in [1.29, 1.82) is 0 Å². The number of ether oxygens (including phenoxy) is 1. The van der Waals surface area contributed by atoms with E-state index in [4.69, 9.17) is 16.3 Å². The molecule has 0 aliphatic rings. The first-order chi connectivity index (χ1) is 11.1. The average molecular weight is 356 g/mol. The van der Waals surface area contributed by atoms with Gasteiger partial charge in [-0.1, -0.05) is 23.4 Å². The Labute approximate surface area is 143 Å². The number of carbonyl (C=O) groups excluding carboxylic acids is 1. The molecule has 0 unspecified atom stereocenters. The van der Waals surface area contributed by atoms with Crippen LogP contribution in [0.1, 0.15) is 13.3 Å². The summed E-state index contributed by atoms with van der Waals surface area (Å²) in [6.07, 6.45) is 4.00. The zero-order valence-electron chi connectivity index (χ0n) is 12.9. The summed E-state index contributed by atoms with van der Waals surface area (Å²) in [6.45, 7) is 3.22. The van der Waals surface area contributed by atoms with Crippen LogP contribution in [-0.4, -0.2) is 44.6 Å². The van der Waals surface area contributed by atoms with E-state index < -0.39 is 0 Å². The number of methoxy groups -OCH3 is 1. The number of aromatic nitrogens is 4. The molecule has 0 radical (unpaired) electrons. The molecule has 0 aromatic carbocycles. The summed E-state index contributed by atoms with van der Waals surface area (Å²) in [4.78, 5) is 16.3. The summed E-state index contributed by atoms with van der Waals surface area (Å²) in [7, 11) is 1.67. The third-order valence-corrected chi connectivity index (χ3v) is 4.28. The van der Waals surface area contributed by atoms with Crippen LogP contribution in [0.4, 0.5) is 5.82 Å². The third kappa shape index (κ3) is 5.49. The van der Waals surface area contributed by atoms with Gasteiger partial charge in [-0.15, -0.1) is 10.2 Å². The summed E-state index contributed by atoms with van der Waals surface area (Å²) in [5.41, 5.74) is 0. The number of anilines is 1. The number of nitrogens with zero attached hydrogens (tertiary/aromatic N) is 4. The van der Waals surface area contributed by atoms with Crippen molar-refractivity contribution in [1.82, 2.24) is 19.7 Å². The standard InChI is InChI=1S/C14H18ClN5O2S/c1-10(13(21)18-12-5-4-11(15)8-16-12)23-14-19-17-9-20(14)6-3-7-22-2/h4-5,8-10H,3,6-7H2,1-2H3,(H,16,18,21)/t10-/m1/s1. The van der Waals surface area contributed by atoms with E-state index >= 15 is 0 Å². The van der Waals surface area contributed by atoms with Crippen LogP contribution in [0.25, 0.3) is 0 Å². The summed E-state index contributed by atoms with van der Waals surface area (Å²) in [5, 5.41) is 11.6. The molecule has 2 rings (SSSR count). The lowest BCUT2D eigenvalue weighted by Crippen LogP contribution is -2.23. The van der Waals surface area contributed by atoms with Gasteiger partial charge in [0.05, 0.1) is 10.3 Å². The van der Waals surface area contributed by atoms with E-state index in [2.05, 4.69) is 20.5 Å². The van der Waals surface area contributed by atoms with Crippen LogP contribution in [0, 0.1) is 0 Å². The van der Waals surface area contributed by atoms with Crippen molar-refractivity contribution in [3.05, 3.63) is 29.7 Å². The Kier molecular flexibility index (Phi) is 6.82. The summed E-state index contributed by atoms with van der Waals surface area (Å²) >= 11 is 7.12. The van der Waals surface area contributed by atoms with E-state index in [9.17, 15) is 4.79 Å². The second kappa shape index (κ2) is 8.85. The molecule has 23 heavy (non-hydrogen) atoms. The van der Waals surface area contributed by atoms with E-state index in [1.165, 1.54) is 18.0 Å². The molecule has 1 N–H and O–H groups in total. The molecule has 9 heteroatoms. The van der Waals surface area contributed by atoms with Gasteiger partial charge in [-0.3, -0.25) is 4.79 Å². The molecule has 0 spiro atoms. The van der Waals surface area contributed by atoms with Gasteiger partial charge in [0.1, 0.15) is 12.1 Å². The number of aryl methyl sites for hydroxylation is 1. The van der Waals surface area contributed by atoms with Gasteiger partial charge in [0.25, 0.3) is 0 Å². The molecule has 124 valence electrons. The largest absolute Gasteiger partial charge is 0.385 e. The van der Waals surface area contributed by atoms with Crippen LogP contribution in [-0.2, 0) is 16.1 Å². The molecule has 0 bridgehead atoms. The number of rotatable bonds is 8. The molecule has 2 aromatic heterocycles. The maximum Gasteiger partial charge on any atom is 0.238 e. The first-order valence-electron chi connectivity index (χ1n) is 7.06. The summed E-state index contributed by atoms with van der Waals surface area (Å²) in [5.74, 6) is 0.310. The number of hydrogen-bond acceptors (Lipinski definition) is 6. The Morgan fingerprint density at radius 3 is 3.04 bits per heavy atom. The maximum absolute atomic E-state index is 12.2. The van der Waals surface area contributed by atoms with Gasteiger partial charge in [-0.05, 0) is 25.5 Å². The molecule has 0 saturated carbocycles. The van der Waals surface area contributed by atoms with Gasteiger partial charge in [-0.25, -0.2) is 4.98 Å². The minimum Gasteiger partial charge on any atom is -0.385 e. The summed E-state index contributed by atoms with van der Waals surface area (Å²) in [6, 6.07) is 3.33. The molecular weight excluding hydrogens is 338 g/mol. The monoisotopic (exact) mass is 355 g/mol. The Morgan fingerprint density at radius 2 is 2.35 bits per heavy atom. The minimum atomic E-state index is -0.335. The maximum atomic E-state index is 12.2. The fraction of sp³-hybridized carbons (Fsp3) is 0.429. The van der Waals surface area contributed by atoms with E-state index in [0.717, 1.165) is 13.0 Å². The van der Waals surface area contributed by atoms with Gasteiger partial charge in [-0.2, -0.15) is 0 Å². The Morgan fingerprint density at radius 1 is 1.52 bits per heavy atom. The fourth-order valence-corrected chi connectivity index (χ4v) is 2.72. The number of thioether (sulfide) groups is 1. The molecule has 1 amide bonds. The molecule has 2 aromatic rings. The average Bonchev–Trinajstić information content (AvgIpc) is 2.97. The van der Waals surface area contributed by atoms with Gasteiger partial charge in [0.2, 0.25) is 5.91 Å². The second-order valence-corrected chi connectivity index (χ2v) is 6.51. The highest BCUT2D eigenvalue weighted by atomic mass is 35.5. The van der Waals surface area contributed by atoms with Gasteiger partial charge in [0, 0.05) is 26.5 Å². The number of halogens is 1. The Bertz CT molecular complexity index is 634. The van der Waals surface area contributed by atoms with E-state index in [-0.39, 0.29) is 11.2 Å². The highest BCUT2D eigenvalue weighted by Gasteiger charge is 2.18. The molecule has 0 aliphatic heterocycles. The second-order valence-electron chi connectivity index (χ2n) is 4.76. The van der Waals surface area contributed by atoms with Crippen molar-refractivity contribution in [2.45, 2.75) is 30.3 Å². The van der Waals surface area contributed by atoms with E-state index in [0.29, 0.717) is 22.6 Å². The van der Waals surface area contributed by atoms with Crippen LogP contribution in [0.5, 0.6) is 0 Å². The molecule has 2 heterocycles. The zero-order valence-corrected chi connectivity index (χ0v) is 14.5. The first kappa shape index (κ1) is 17.7. The molecule has 1 atom stereocenters. The van der Waals surface area contributed by atoms with Crippen LogP contribution in [0.2, 0.25) is 5.02 Å². The highest BCUT2D eigenvalue weighted by molar-refractivity contribution is 8.00. The van der Waals surface area contributed by atoms with Crippen LogP contribution < -0.4 is 5.32 Å². The molecule has 7 nitrogen and oxygen atoms in total. The van der Waals surface area contributed by atoms with Crippen molar-refractivity contribution in [2.75, 3.05) is 19.0 Å². The van der Waals surface area contributed by atoms with Crippen LogP contribution in [0.15, 0.2) is 29.8 Å². The predicted octanol–water partition coefficient (Wildman–Crippen LogP) is 2.48. The predicted molar refractivity (Wildman–Crippen MR) is 89.7 cm³/mol. The van der Waals surface area contributed by atoms with Crippen molar-refractivity contribution in [2.24, 2.45) is 0 Å². The highest BCUT2D eigenvalue weighted by Crippen LogP contribution is 2.22. The van der Waals surface area contributed by atoms with Crippen LogP contribution in [0.3, 0.4) is 0 Å². The van der Waals surface area contributed by atoms with Gasteiger partial charge >= 0.3 is 0 Å². The third-order valence-electron chi connectivity index (χ3n) is 2.96. The smallest absolute Gasteiger partial charge is 0.238 e. The number of hydrogen-bond donors (Lipinski definition) is 1. The van der Waals surface area contributed by atoms with Gasteiger partial charge in [0.15, 0.2) is 5.16 Å². The van der Waals surface area contributed by atoms with Crippen molar-refractivity contribution < 1.29 is 9.53 Å². The Hall–Kier alpha value is -1.64. The van der Waals surface area contributed by atoms with Crippen LogP contribution >= 0.6 is 23.4 Å². The van der Waals surface area contributed by atoms with Crippen molar-refractivity contribution in [3.63, 3.8) is 0 Å². The first-order valence-corrected chi connectivity index (χ1v) is 8.31. The van der Waals surface area contributed by atoms with Crippen molar-refractivity contribution >= 4 is 35.1 Å². The molecule has 0 saturated heterocycles. The topological polar surface area (TPSA) is 81.9 Å². The lowest BCUT2D eigenvalue weighted by molar-refractivity contribution is -0.115. The summed E-state index contributed by atoms with van der Waals surface area (Å²) < 4.78 is 6.94. The number of amides is 1. The number of nitrogens with one attached hydrogen (secondary N) is 1. The molecular formula is C14H18ClN5O2S. The number of carbonyl (C=O) groups is 1. The fourth-order valence-electron chi connectivity index (χ4n) is 1.76. The number of pyridine rings is 1. The van der Waals surface area contributed by atoms with Gasteiger partial charge < -0.3 is 14.6 Å². The van der Waals surface area contributed by atoms with Crippen molar-refractivity contribution in [3.8, 4) is 0 Å². The zero-order chi connectivity index (χ0) is 16.7. The molecule has 0 fully saturated rings. The van der Waals surface area contributed by atoms with E-state index in [1.807, 2.05) is 11.5 Å². The lowest BCUT2D eigenvalue weighted by atomic mass is 10.4. The quantitative estimate of drug-likeness (QED) is 0.578. The molecule has 0 aliphatic carbocycles. The minimum absolute atomic E-state index is 0.156. The Balaban J connectivity index is 1.90. The lowest BCUT2D eigenvalue weighted by Gasteiger charge is -2.12.